The second-order valence-corrected chi connectivity index (χ2v) is 4.94. The molecular weight excluding hydrogens is 242 g/mol. The molecule has 2 aliphatic heterocycles. The number of carbonyl (C=O) groups is 1. The number of pyridine rings is 1. The van der Waals surface area contributed by atoms with Gasteiger partial charge in [0.25, 0.3) is 0 Å². The molecule has 0 aliphatic carbocycles. The number of anilines is 2. The minimum absolute atomic E-state index is 0.0733. The van der Waals surface area contributed by atoms with E-state index in [4.69, 9.17) is 0 Å². The molecule has 102 valence electrons. The Morgan fingerprint density at radius 1 is 1.47 bits per heavy atom. The van der Waals surface area contributed by atoms with Crippen LogP contribution >= 0.6 is 0 Å². The highest BCUT2D eigenvalue weighted by Gasteiger charge is 2.35. The quantitative estimate of drug-likeness (QED) is 0.842. The van der Waals surface area contributed by atoms with Crippen molar-refractivity contribution in [1.29, 1.82) is 0 Å². The number of piperazine rings is 1. The highest BCUT2D eigenvalue weighted by atomic mass is 16.2. The second kappa shape index (κ2) is 4.95. The Bertz CT molecular complexity index is 478. The van der Waals surface area contributed by atoms with Gasteiger partial charge in [0.2, 0.25) is 0 Å². The summed E-state index contributed by atoms with van der Waals surface area (Å²) in [6.07, 6.45) is 3.73. The van der Waals surface area contributed by atoms with E-state index in [9.17, 15) is 4.79 Å². The largest absolute Gasteiger partial charge is 0.384 e. The molecule has 0 spiro atoms. The zero-order chi connectivity index (χ0) is 13.2. The smallest absolute Gasteiger partial charge is 0.317 e. The lowest BCUT2D eigenvalue weighted by Crippen LogP contribution is -2.52. The molecule has 19 heavy (non-hydrogen) atoms. The van der Waals surface area contributed by atoms with E-state index >= 15 is 0 Å². The van der Waals surface area contributed by atoms with Gasteiger partial charge in [0.05, 0.1) is 29.8 Å². The number of hydrogen-bond donors (Lipinski definition) is 2. The van der Waals surface area contributed by atoms with E-state index in [-0.39, 0.29) is 12.1 Å². The molecule has 1 aromatic heterocycles. The zero-order valence-electron chi connectivity index (χ0n) is 11.1. The van der Waals surface area contributed by atoms with Crippen LogP contribution in [-0.4, -0.2) is 54.7 Å². The molecule has 6 nitrogen and oxygen atoms in total. The number of fused-ring (bicyclic) bond motifs is 1. The third-order valence-electron chi connectivity index (χ3n) is 3.70. The van der Waals surface area contributed by atoms with Crippen molar-refractivity contribution in [2.45, 2.75) is 13.0 Å². The van der Waals surface area contributed by atoms with Crippen LogP contribution < -0.4 is 15.5 Å². The van der Waals surface area contributed by atoms with Crippen LogP contribution in [0.1, 0.15) is 6.92 Å². The number of amides is 2. The van der Waals surface area contributed by atoms with Crippen LogP contribution in [0.25, 0.3) is 0 Å². The molecule has 2 saturated heterocycles. The molecule has 0 radical (unpaired) electrons. The molecule has 3 heterocycles. The fourth-order valence-electron chi connectivity index (χ4n) is 2.74. The van der Waals surface area contributed by atoms with Crippen molar-refractivity contribution in [1.82, 2.24) is 15.2 Å². The maximum atomic E-state index is 11.6. The lowest BCUT2D eigenvalue weighted by atomic mass is 10.2. The maximum Gasteiger partial charge on any atom is 0.317 e. The summed E-state index contributed by atoms with van der Waals surface area (Å²) in [4.78, 5) is 20.1. The lowest BCUT2D eigenvalue weighted by molar-refractivity contribution is 0.197. The van der Waals surface area contributed by atoms with E-state index in [1.807, 2.05) is 17.3 Å². The van der Waals surface area contributed by atoms with Gasteiger partial charge >= 0.3 is 6.03 Å². The molecule has 1 atom stereocenters. The van der Waals surface area contributed by atoms with Gasteiger partial charge in [-0.05, 0) is 13.0 Å². The molecular formula is C13H19N5O. The van der Waals surface area contributed by atoms with Crippen LogP contribution in [0.5, 0.6) is 0 Å². The third kappa shape index (κ3) is 2.30. The first kappa shape index (κ1) is 12.1. The van der Waals surface area contributed by atoms with E-state index in [2.05, 4.69) is 33.5 Å². The number of aromatic nitrogens is 1. The molecule has 2 fully saturated rings. The Morgan fingerprint density at radius 2 is 2.37 bits per heavy atom. The maximum absolute atomic E-state index is 11.6. The molecule has 0 aromatic carbocycles. The van der Waals surface area contributed by atoms with Gasteiger partial charge in [0, 0.05) is 32.7 Å². The number of rotatable bonds is 3. The van der Waals surface area contributed by atoms with Gasteiger partial charge in [-0.25, -0.2) is 4.79 Å². The molecule has 1 unspecified atom stereocenters. The summed E-state index contributed by atoms with van der Waals surface area (Å²) >= 11 is 0. The second-order valence-electron chi connectivity index (χ2n) is 4.94. The number of hydrogen-bond acceptors (Lipinski definition) is 4. The number of nitrogens with one attached hydrogen (secondary N) is 2. The van der Waals surface area contributed by atoms with Gasteiger partial charge in [0.1, 0.15) is 0 Å². The standard InChI is InChI=1S/C13H19N5O/c1-2-15-10-5-11(7-14-6-10)17-3-4-18-12(9-17)8-16-13(18)19/h5-7,12,15H,2-4,8-9H2,1H3,(H,16,19). The minimum Gasteiger partial charge on any atom is -0.384 e. The van der Waals surface area contributed by atoms with Crippen LogP contribution in [0.3, 0.4) is 0 Å². The van der Waals surface area contributed by atoms with Gasteiger partial charge in [-0.3, -0.25) is 4.98 Å². The Hall–Kier alpha value is -1.98. The predicted octanol–water partition coefficient (Wildman–Crippen LogP) is 0.727. The van der Waals surface area contributed by atoms with Gasteiger partial charge in [-0.15, -0.1) is 0 Å². The molecule has 0 saturated carbocycles. The van der Waals surface area contributed by atoms with Crippen molar-refractivity contribution >= 4 is 17.4 Å². The molecule has 0 bridgehead atoms. The molecule has 2 amide bonds. The first-order chi connectivity index (χ1) is 9.28. The fourth-order valence-corrected chi connectivity index (χ4v) is 2.74. The average Bonchev–Trinajstić information content (AvgIpc) is 2.81. The van der Waals surface area contributed by atoms with Crippen LogP contribution in [0.4, 0.5) is 16.2 Å². The summed E-state index contributed by atoms with van der Waals surface area (Å²) in [6, 6.07) is 2.48. The minimum atomic E-state index is 0.0733. The first-order valence-corrected chi connectivity index (χ1v) is 6.76. The zero-order valence-corrected chi connectivity index (χ0v) is 11.1. The van der Waals surface area contributed by atoms with E-state index < -0.39 is 0 Å². The highest BCUT2D eigenvalue weighted by Crippen LogP contribution is 2.22. The molecule has 1 aromatic rings. The number of carbonyl (C=O) groups excluding carboxylic acids is 1. The van der Waals surface area contributed by atoms with Crippen LogP contribution in [0.2, 0.25) is 0 Å². The summed E-state index contributed by atoms with van der Waals surface area (Å²) in [6.45, 7) is 6.22. The molecule has 6 heteroatoms. The van der Waals surface area contributed by atoms with Gasteiger partial charge < -0.3 is 20.4 Å². The molecule has 2 N–H and O–H groups in total. The summed E-state index contributed by atoms with van der Waals surface area (Å²) in [5, 5.41) is 6.17. The van der Waals surface area contributed by atoms with E-state index in [0.717, 1.165) is 44.1 Å². The molecule has 2 aliphatic rings. The number of nitrogens with zero attached hydrogens (tertiary/aromatic N) is 3. The van der Waals surface area contributed by atoms with Crippen LogP contribution in [0.15, 0.2) is 18.5 Å². The topological polar surface area (TPSA) is 60.5 Å². The Balaban J connectivity index is 1.73. The number of urea groups is 1. The summed E-state index contributed by atoms with van der Waals surface area (Å²) < 4.78 is 0. The van der Waals surface area contributed by atoms with Crippen molar-refractivity contribution in [3.8, 4) is 0 Å². The van der Waals surface area contributed by atoms with Gasteiger partial charge in [0.15, 0.2) is 0 Å². The van der Waals surface area contributed by atoms with Crippen LogP contribution in [-0.2, 0) is 0 Å². The van der Waals surface area contributed by atoms with Gasteiger partial charge in [-0.1, -0.05) is 0 Å². The Kier molecular flexibility index (Phi) is 3.15. The van der Waals surface area contributed by atoms with Crippen molar-refractivity contribution in [3.05, 3.63) is 18.5 Å². The SMILES string of the molecule is CCNc1cncc(N2CCN3C(=O)NCC3C2)c1. The highest BCUT2D eigenvalue weighted by molar-refractivity contribution is 5.77. The fraction of sp³-hybridized carbons (Fsp3) is 0.538. The average molecular weight is 261 g/mol. The van der Waals surface area contributed by atoms with Crippen molar-refractivity contribution in [3.63, 3.8) is 0 Å². The third-order valence-corrected chi connectivity index (χ3v) is 3.70. The first-order valence-electron chi connectivity index (χ1n) is 6.76. The lowest BCUT2D eigenvalue weighted by Gasteiger charge is -2.37. The van der Waals surface area contributed by atoms with Crippen molar-refractivity contribution in [2.24, 2.45) is 0 Å². The van der Waals surface area contributed by atoms with Crippen molar-refractivity contribution < 1.29 is 4.79 Å². The Morgan fingerprint density at radius 3 is 3.21 bits per heavy atom. The van der Waals surface area contributed by atoms with E-state index in [0.29, 0.717) is 0 Å². The normalized spacial score (nSPS) is 22.2. The predicted molar refractivity (Wildman–Crippen MR) is 74.5 cm³/mol. The van der Waals surface area contributed by atoms with E-state index in [1.54, 1.807) is 0 Å². The van der Waals surface area contributed by atoms with E-state index in [1.165, 1.54) is 0 Å². The monoisotopic (exact) mass is 261 g/mol. The Labute approximate surface area is 112 Å². The van der Waals surface area contributed by atoms with Gasteiger partial charge in [-0.2, -0.15) is 0 Å². The summed E-state index contributed by atoms with van der Waals surface area (Å²) in [7, 11) is 0. The summed E-state index contributed by atoms with van der Waals surface area (Å²) in [5.41, 5.74) is 2.17. The van der Waals surface area contributed by atoms with Crippen molar-refractivity contribution in [2.75, 3.05) is 42.9 Å². The van der Waals surface area contributed by atoms with Crippen LogP contribution in [0, 0.1) is 0 Å². The molecule has 3 rings (SSSR count). The summed E-state index contributed by atoms with van der Waals surface area (Å²) in [5.74, 6) is 0.